The van der Waals surface area contributed by atoms with Crippen molar-refractivity contribution in [3.05, 3.63) is 222 Å². The summed E-state index contributed by atoms with van der Waals surface area (Å²) in [7, 11) is 0. The van der Waals surface area contributed by atoms with Crippen molar-refractivity contribution < 1.29 is 8.83 Å². The summed E-state index contributed by atoms with van der Waals surface area (Å²) in [6.07, 6.45) is 6.00. The predicted molar refractivity (Wildman–Crippen MR) is 249 cm³/mol. The summed E-state index contributed by atoms with van der Waals surface area (Å²) >= 11 is 0. The molecular formula is C56H38N2O2. The van der Waals surface area contributed by atoms with E-state index in [2.05, 4.69) is 192 Å². The van der Waals surface area contributed by atoms with Gasteiger partial charge in [-0.25, -0.2) is 0 Å². The maximum absolute atomic E-state index is 6.46. The number of para-hydroxylation sites is 3. The molecule has 0 unspecified atom stereocenters. The van der Waals surface area contributed by atoms with E-state index in [4.69, 9.17) is 8.83 Å². The van der Waals surface area contributed by atoms with E-state index in [9.17, 15) is 0 Å². The number of rotatable bonds is 5. The molecule has 0 amide bonds. The van der Waals surface area contributed by atoms with E-state index in [0.717, 1.165) is 101 Å². The molecule has 4 heterocycles. The Bertz CT molecular complexity index is 3610. The largest absolute Gasteiger partial charge is 0.456 e. The van der Waals surface area contributed by atoms with Gasteiger partial charge in [-0.2, -0.15) is 0 Å². The van der Waals surface area contributed by atoms with Crippen LogP contribution in [0.25, 0.3) is 83.7 Å². The summed E-state index contributed by atoms with van der Waals surface area (Å²) in [6.45, 7) is 4.60. The molecule has 3 aromatic heterocycles. The topological polar surface area (TPSA) is 34.5 Å². The fourth-order valence-electron chi connectivity index (χ4n) is 9.30. The minimum atomic E-state index is 0.720. The lowest BCUT2D eigenvalue weighted by Crippen LogP contribution is -2.22. The molecule has 0 atom stereocenters. The molecular weight excluding hydrogens is 733 g/mol. The average molecular weight is 771 g/mol. The van der Waals surface area contributed by atoms with Crippen molar-refractivity contribution >= 4 is 78.2 Å². The Balaban J connectivity index is 1.04. The van der Waals surface area contributed by atoms with Crippen LogP contribution in [-0.4, -0.2) is 4.57 Å². The average Bonchev–Trinajstić information content (AvgIpc) is 3.95. The molecule has 0 aliphatic carbocycles. The maximum Gasteiger partial charge on any atom is 0.137 e. The molecule has 0 radical (unpaired) electrons. The highest BCUT2D eigenvalue weighted by atomic mass is 16.3. The first-order valence-corrected chi connectivity index (χ1v) is 20.5. The van der Waals surface area contributed by atoms with Gasteiger partial charge in [-0.05, 0) is 107 Å². The Morgan fingerprint density at radius 3 is 1.97 bits per heavy atom. The van der Waals surface area contributed by atoms with Crippen LogP contribution in [0.15, 0.2) is 203 Å². The third kappa shape index (κ3) is 5.60. The Kier molecular flexibility index (Phi) is 7.79. The molecule has 0 saturated carbocycles. The lowest BCUT2D eigenvalue weighted by Gasteiger charge is -2.27. The van der Waals surface area contributed by atoms with Crippen LogP contribution >= 0.6 is 0 Å². The molecule has 1 aliphatic heterocycles. The molecule has 0 bridgehead atoms. The molecule has 4 nitrogen and oxygen atoms in total. The standard InChI is InChI=1S/C56H38N2O2/c1-36-30-55-46(44-16-8-10-18-53(44)59-55)27-22-41-32-39(23-28-50(41)57(36)42-14-6-3-7-15-42)40-24-29-51-47(33-40)48-34-49-45-17-9-11-19-54(45)60-56(49)35-52(48)58(51)43-25-20-38(21-26-43)31-37-12-4-2-5-13-37/h2-21,23-30,32-35H,1,22,31H2/b46-27-,55-30+. The molecule has 0 saturated heterocycles. The highest BCUT2D eigenvalue weighted by molar-refractivity contribution is 6.18. The first kappa shape index (κ1) is 34.2. The van der Waals surface area contributed by atoms with Crippen LogP contribution in [0.1, 0.15) is 16.7 Å². The lowest BCUT2D eigenvalue weighted by molar-refractivity contribution is 0.575. The maximum atomic E-state index is 6.46. The van der Waals surface area contributed by atoms with Crippen LogP contribution in [0.4, 0.5) is 11.4 Å². The summed E-state index contributed by atoms with van der Waals surface area (Å²) in [5, 5.41) is 6.84. The Labute approximate surface area is 346 Å². The second-order valence-corrected chi connectivity index (χ2v) is 15.8. The minimum absolute atomic E-state index is 0.720. The van der Waals surface area contributed by atoms with E-state index in [1.807, 2.05) is 18.2 Å². The van der Waals surface area contributed by atoms with Gasteiger partial charge in [0.05, 0.1) is 11.0 Å². The number of aromatic nitrogens is 1. The predicted octanol–water partition coefficient (Wildman–Crippen LogP) is 13.2. The van der Waals surface area contributed by atoms with E-state index in [0.29, 0.717) is 0 Å². The van der Waals surface area contributed by atoms with Crippen LogP contribution in [0, 0.1) is 0 Å². The number of benzene rings is 8. The van der Waals surface area contributed by atoms with E-state index < -0.39 is 0 Å². The first-order valence-electron chi connectivity index (χ1n) is 20.5. The van der Waals surface area contributed by atoms with Gasteiger partial charge in [-0.1, -0.05) is 122 Å². The van der Waals surface area contributed by atoms with Crippen molar-refractivity contribution in [2.75, 3.05) is 4.90 Å². The highest BCUT2D eigenvalue weighted by Gasteiger charge is 2.21. The van der Waals surface area contributed by atoms with Gasteiger partial charge in [0.2, 0.25) is 0 Å². The molecule has 1 aliphatic rings. The molecule has 0 N–H and O–H groups in total. The molecule has 12 rings (SSSR count). The van der Waals surface area contributed by atoms with Crippen molar-refractivity contribution in [3.8, 4) is 16.8 Å². The summed E-state index contributed by atoms with van der Waals surface area (Å²) < 4.78 is 15.3. The number of nitrogens with zero attached hydrogens (tertiary/aromatic N) is 2. The Hall–Kier alpha value is -7.82. The third-order valence-electron chi connectivity index (χ3n) is 12.2. The van der Waals surface area contributed by atoms with Crippen LogP contribution in [-0.2, 0) is 12.8 Å². The van der Waals surface area contributed by atoms with Crippen LogP contribution < -0.4 is 15.5 Å². The third-order valence-corrected chi connectivity index (χ3v) is 12.2. The van der Waals surface area contributed by atoms with Crippen LogP contribution in [0.2, 0.25) is 0 Å². The summed E-state index contributed by atoms with van der Waals surface area (Å²) in [4.78, 5) is 2.25. The molecule has 11 aromatic rings. The molecule has 284 valence electrons. The van der Waals surface area contributed by atoms with Gasteiger partial charge in [-0.3, -0.25) is 0 Å². The molecule has 8 aromatic carbocycles. The minimum Gasteiger partial charge on any atom is -0.456 e. The van der Waals surface area contributed by atoms with Gasteiger partial charge in [-0.15, -0.1) is 0 Å². The Morgan fingerprint density at radius 2 is 1.15 bits per heavy atom. The van der Waals surface area contributed by atoms with Crippen molar-refractivity contribution in [2.45, 2.75) is 12.8 Å². The second-order valence-electron chi connectivity index (χ2n) is 15.8. The summed E-state index contributed by atoms with van der Waals surface area (Å²) in [5.74, 6) is 0. The van der Waals surface area contributed by atoms with Crippen LogP contribution in [0.3, 0.4) is 0 Å². The zero-order chi connectivity index (χ0) is 39.7. The van der Waals surface area contributed by atoms with Gasteiger partial charge in [0.25, 0.3) is 0 Å². The number of hydrogen-bond donors (Lipinski definition) is 0. The summed E-state index contributed by atoms with van der Waals surface area (Å²) in [6, 6.07) is 65.1. The monoisotopic (exact) mass is 770 g/mol. The lowest BCUT2D eigenvalue weighted by atomic mass is 9.97. The second kappa shape index (κ2) is 13.6. The SMILES string of the molecule is C=C1/C=c2/oc3ccccc3/c2=C/Cc2cc(-c3ccc4c(c3)c3cc5c(cc3n4-c3ccc(Cc4ccccc4)cc3)oc3ccccc35)ccc2N1c1ccccc1. The zero-order valence-electron chi connectivity index (χ0n) is 32.8. The van der Waals surface area contributed by atoms with Crippen LogP contribution in [0.5, 0.6) is 0 Å². The number of fused-ring (bicyclic) bond motifs is 10. The van der Waals surface area contributed by atoms with Gasteiger partial charge in [0.15, 0.2) is 0 Å². The summed E-state index contributed by atoms with van der Waals surface area (Å²) in [5.41, 5.74) is 16.0. The number of allylic oxidation sites excluding steroid dienone is 1. The van der Waals surface area contributed by atoms with E-state index in [-0.39, 0.29) is 0 Å². The van der Waals surface area contributed by atoms with Crippen molar-refractivity contribution in [1.29, 1.82) is 0 Å². The molecule has 4 heteroatoms. The van der Waals surface area contributed by atoms with Gasteiger partial charge >= 0.3 is 0 Å². The van der Waals surface area contributed by atoms with Crippen molar-refractivity contribution in [2.24, 2.45) is 0 Å². The smallest absolute Gasteiger partial charge is 0.137 e. The van der Waals surface area contributed by atoms with E-state index in [1.54, 1.807) is 0 Å². The van der Waals surface area contributed by atoms with Crippen molar-refractivity contribution in [3.63, 3.8) is 0 Å². The van der Waals surface area contributed by atoms with Gasteiger partial charge in [0, 0.05) is 67.1 Å². The zero-order valence-corrected chi connectivity index (χ0v) is 32.8. The molecule has 60 heavy (non-hydrogen) atoms. The quantitative estimate of drug-likeness (QED) is 0.175. The Morgan fingerprint density at radius 1 is 0.483 bits per heavy atom. The first-order chi connectivity index (χ1) is 29.6. The van der Waals surface area contributed by atoms with Gasteiger partial charge < -0.3 is 18.3 Å². The van der Waals surface area contributed by atoms with Gasteiger partial charge in [0.1, 0.15) is 22.2 Å². The number of anilines is 2. The fraction of sp³-hybridized carbons (Fsp3) is 0.0357. The number of furan rings is 2. The van der Waals surface area contributed by atoms with Crippen molar-refractivity contribution in [1.82, 2.24) is 4.57 Å². The highest BCUT2D eigenvalue weighted by Crippen LogP contribution is 2.41. The van der Waals surface area contributed by atoms with E-state index >= 15 is 0 Å². The normalized spacial score (nSPS) is 14.1. The molecule has 0 spiro atoms. The van der Waals surface area contributed by atoms with E-state index in [1.165, 1.54) is 27.5 Å². The fourth-order valence-corrected chi connectivity index (χ4v) is 9.30. The number of hydrogen-bond acceptors (Lipinski definition) is 3. The molecule has 0 fully saturated rings.